The van der Waals surface area contributed by atoms with Crippen LogP contribution in [-0.4, -0.2) is 23.8 Å². The molecule has 1 heterocycles. The molecule has 2 rings (SSSR count). The number of carbonyl (C=O) groups excluding carboxylic acids is 2. The van der Waals surface area contributed by atoms with Crippen LogP contribution >= 0.6 is 0 Å². The molecule has 1 N–H and O–H groups in total. The number of rotatable bonds is 6. The molecule has 1 aromatic carbocycles. The van der Waals surface area contributed by atoms with Gasteiger partial charge >= 0.3 is 0 Å². The highest BCUT2D eigenvalue weighted by Gasteiger charge is 2.29. The number of nitriles is 1. The Morgan fingerprint density at radius 1 is 1.30 bits per heavy atom. The van der Waals surface area contributed by atoms with Crippen LogP contribution in [0.5, 0.6) is 5.88 Å². The number of carbonyl (C=O) groups is 2. The van der Waals surface area contributed by atoms with Gasteiger partial charge in [-0.2, -0.15) is 5.26 Å². The van der Waals surface area contributed by atoms with Crippen molar-refractivity contribution in [2.24, 2.45) is 5.41 Å². The highest BCUT2D eigenvalue weighted by molar-refractivity contribution is 6.16. The van der Waals surface area contributed by atoms with Gasteiger partial charge in [-0.3, -0.25) is 9.59 Å². The maximum Gasteiger partial charge on any atom is 0.238 e. The lowest BCUT2D eigenvalue weighted by atomic mass is 9.91. The van der Waals surface area contributed by atoms with Crippen molar-refractivity contribution in [1.29, 1.82) is 5.26 Å². The first kappa shape index (κ1) is 23.1. The Kier molecular flexibility index (Phi) is 6.99. The van der Waals surface area contributed by atoms with Crippen molar-refractivity contribution in [3.05, 3.63) is 52.2 Å². The van der Waals surface area contributed by atoms with E-state index in [1.807, 2.05) is 19.9 Å². The first-order valence-corrected chi connectivity index (χ1v) is 9.98. The second kappa shape index (κ2) is 9.08. The minimum atomic E-state index is -0.662. The van der Waals surface area contributed by atoms with Crippen molar-refractivity contribution in [2.75, 3.05) is 12.4 Å². The van der Waals surface area contributed by atoms with E-state index in [4.69, 9.17) is 4.74 Å². The number of nitrogens with one attached hydrogen (secondary N) is 1. The van der Waals surface area contributed by atoms with Crippen LogP contribution in [0.2, 0.25) is 0 Å². The summed E-state index contributed by atoms with van der Waals surface area (Å²) in [5.74, 6) is -0.620. The van der Waals surface area contributed by atoms with Crippen LogP contribution in [0.15, 0.2) is 24.3 Å². The van der Waals surface area contributed by atoms with Crippen molar-refractivity contribution in [3.8, 4) is 11.9 Å². The van der Waals surface area contributed by atoms with Gasteiger partial charge in [0, 0.05) is 16.7 Å². The molecule has 0 fully saturated rings. The minimum absolute atomic E-state index is 0.201. The molecule has 0 saturated heterocycles. The molecule has 158 valence electrons. The van der Waals surface area contributed by atoms with Gasteiger partial charge in [-0.15, -0.1) is 0 Å². The smallest absolute Gasteiger partial charge is 0.238 e. The van der Waals surface area contributed by atoms with Crippen molar-refractivity contribution in [3.63, 3.8) is 0 Å². The van der Waals surface area contributed by atoms with Gasteiger partial charge in [-0.1, -0.05) is 45.9 Å². The van der Waals surface area contributed by atoms with Crippen LogP contribution in [0.4, 0.5) is 5.69 Å². The van der Waals surface area contributed by atoms with Crippen molar-refractivity contribution in [2.45, 2.75) is 53.9 Å². The van der Waals surface area contributed by atoms with Crippen LogP contribution in [0.25, 0.3) is 0 Å². The average Bonchev–Trinajstić information content (AvgIpc) is 2.72. The molecule has 0 aliphatic carbocycles. The lowest BCUT2D eigenvalue weighted by Gasteiger charge is -2.22. The van der Waals surface area contributed by atoms with E-state index in [0.29, 0.717) is 23.2 Å². The zero-order chi connectivity index (χ0) is 22.6. The second-order valence-electron chi connectivity index (χ2n) is 8.30. The zero-order valence-corrected chi connectivity index (χ0v) is 18.7. The number of ether oxygens (including phenoxy) is 1. The number of nitrogens with zero attached hydrogens (tertiary/aromatic N) is 2. The van der Waals surface area contributed by atoms with Crippen LogP contribution < -0.4 is 10.1 Å². The van der Waals surface area contributed by atoms with E-state index in [1.54, 1.807) is 45.9 Å². The third kappa shape index (κ3) is 4.68. The fourth-order valence-electron chi connectivity index (χ4n) is 3.13. The Balaban J connectivity index is 2.73. The predicted molar refractivity (Wildman–Crippen MR) is 117 cm³/mol. The number of anilines is 1. The SMILES string of the molecule is CCc1c(C)nc(OC)c(NC(=O)C(C)(C)C)c1C(=O)c1cccc(C(C)C#N)c1. The van der Waals surface area contributed by atoms with E-state index < -0.39 is 5.41 Å². The molecule has 6 heteroatoms. The van der Waals surface area contributed by atoms with Gasteiger partial charge in [-0.25, -0.2) is 4.98 Å². The predicted octanol–water partition coefficient (Wildman–Crippen LogP) is 4.80. The van der Waals surface area contributed by atoms with Gasteiger partial charge < -0.3 is 10.1 Å². The largest absolute Gasteiger partial charge is 0.479 e. The summed E-state index contributed by atoms with van der Waals surface area (Å²) in [6.45, 7) is 10.9. The summed E-state index contributed by atoms with van der Waals surface area (Å²) in [6, 6.07) is 9.23. The third-order valence-corrected chi connectivity index (χ3v) is 5.01. The summed E-state index contributed by atoms with van der Waals surface area (Å²) < 4.78 is 5.42. The van der Waals surface area contributed by atoms with E-state index in [-0.39, 0.29) is 29.2 Å². The molecule has 0 saturated carbocycles. The van der Waals surface area contributed by atoms with Crippen molar-refractivity contribution >= 4 is 17.4 Å². The summed E-state index contributed by atoms with van der Waals surface area (Å²) in [6.07, 6.45) is 0.566. The van der Waals surface area contributed by atoms with E-state index in [1.165, 1.54) is 7.11 Å². The van der Waals surface area contributed by atoms with Gasteiger partial charge in [0.2, 0.25) is 11.8 Å². The highest BCUT2D eigenvalue weighted by atomic mass is 16.5. The van der Waals surface area contributed by atoms with Gasteiger partial charge in [0.05, 0.1) is 24.7 Å². The van der Waals surface area contributed by atoms with Gasteiger partial charge in [-0.05, 0) is 37.5 Å². The number of hydrogen-bond donors (Lipinski definition) is 1. The van der Waals surface area contributed by atoms with E-state index in [2.05, 4.69) is 16.4 Å². The number of ketones is 1. The molecule has 2 aromatic rings. The number of benzene rings is 1. The normalized spacial score (nSPS) is 12.1. The fourth-order valence-corrected chi connectivity index (χ4v) is 3.13. The molecular formula is C24H29N3O3. The molecule has 6 nitrogen and oxygen atoms in total. The van der Waals surface area contributed by atoms with Gasteiger partial charge in [0.1, 0.15) is 5.69 Å². The van der Waals surface area contributed by atoms with E-state index >= 15 is 0 Å². The molecule has 0 spiro atoms. The number of aryl methyl sites for hydroxylation is 1. The quantitative estimate of drug-likeness (QED) is 0.694. The number of hydrogen-bond acceptors (Lipinski definition) is 5. The first-order chi connectivity index (χ1) is 14.0. The molecule has 1 atom stereocenters. The molecule has 0 aliphatic heterocycles. The van der Waals surface area contributed by atoms with Crippen LogP contribution in [0, 0.1) is 23.7 Å². The topological polar surface area (TPSA) is 92.1 Å². The average molecular weight is 408 g/mol. The minimum Gasteiger partial charge on any atom is -0.479 e. The molecule has 30 heavy (non-hydrogen) atoms. The fraction of sp³-hybridized carbons (Fsp3) is 0.417. The van der Waals surface area contributed by atoms with Crippen LogP contribution in [-0.2, 0) is 11.2 Å². The molecule has 1 unspecified atom stereocenters. The van der Waals surface area contributed by atoms with Gasteiger partial charge in [0.25, 0.3) is 0 Å². The molecule has 1 aromatic heterocycles. The molecule has 0 radical (unpaired) electrons. The van der Waals surface area contributed by atoms with Gasteiger partial charge in [0.15, 0.2) is 5.78 Å². The zero-order valence-electron chi connectivity index (χ0n) is 18.7. The number of aromatic nitrogens is 1. The molecule has 0 bridgehead atoms. The monoisotopic (exact) mass is 407 g/mol. The summed E-state index contributed by atoms with van der Waals surface area (Å²) in [5.41, 5.74) is 2.63. The van der Waals surface area contributed by atoms with Crippen LogP contribution in [0.1, 0.15) is 73.3 Å². The Hall–Kier alpha value is -3.20. The Morgan fingerprint density at radius 2 is 1.97 bits per heavy atom. The first-order valence-electron chi connectivity index (χ1n) is 9.98. The maximum atomic E-state index is 13.6. The summed E-state index contributed by atoms with van der Waals surface area (Å²) in [5, 5.41) is 12.1. The summed E-state index contributed by atoms with van der Waals surface area (Å²) >= 11 is 0. The Bertz CT molecular complexity index is 1010. The number of amides is 1. The van der Waals surface area contributed by atoms with Crippen molar-refractivity contribution < 1.29 is 14.3 Å². The molecular weight excluding hydrogens is 378 g/mol. The highest BCUT2D eigenvalue weighted by Crippen LogP contribution is 2.35. The molecule has 0 aliphatic rings. The maximum absolute atomic E-state index is 13.6. The number of pyridine rings is 1. The van der Waals surface area contributed by atoms with Crippen LogP contribution in [0.3, 0.4) is 0 Å². The standard InChI is InChI=1S/C24H29N3O3/c1-8-18-15(3)26-22(30-7)20(27-23(29)24(4,5)6)19(18)21(28)17-11-9-10-16(12-17)14(2)13-25/h9-12,14H,8H2,1-7H3,(H,27,29). The Morgan fingerprint density at radius 3 is 2.50 bits per heavy atom. The lowest BCUT2D eigenvalue weighted by molar-refractivity contribution is -0.123. The van der Waals surface area contributed by atoms with E-state index in [0.717, 1.165) is 11.1 Å². The summed E-state index contributed by atoms with van der Waals surface area (Å²) in [7, 11) is 1.46. The number of methoxy groups -OCH3 is 1. The van der Waals surface area contributed by atoms with Crippen molar-refractivity contribution in [1.82, 2.24) is 4.98 Å². The lowest BCUT2D eigenvalue weighted by Crippen LogP contribution is -2.29. The third-order valence-electron chi connectivity index (χ3n) is 5.01. The Labute approximate surface area is 178 Å². The molecule has 1 amide bonds. The summed E-state index contributed by atoms with van der Waals surface area (Å²) in [4.78, 5) is 30.8. The van der Waals surface area contributed by atoms with E-state index in [9.17, 15) is 14.9 Å². The second-order valence-corrected chi connectivity index (χ2v) is 8.30.